The molecule has 0 radical (unpaired) electrons. The van der Waals surface area contributed by atoms with Gasteiger partial charge in [0.15, 0.2) is 5.96 Å². The Balaban J connectivity index is 1.27. The Morgan fingerprint density at radius 3 is 2.77 bits per heavy atom. The van der Waals surface area contributed by atoms with E-state index in [1.54, 1.807) is 13.2 Å². The number of guanidine groups is 1. The van der Waals surface area contributed by atoms with Crippen molar-refractivity contribution >= 4 is 11.8 Å². The minimum Gasteiger partial charge on any atom is -0.488 e. The van der Waals surface area contributed by atoms with E-state index in [0.29, 0.717) is 0 Å². The third kappa shape index (κ3) is 5.37. The molecule has 6 nitrogen and oxygen atoms in total. The van der Waals surface area contributed by atoms with Crippen molar-refractivity contribution in [3.63, 3.8) is 0 Å². The van der Waals surface area contributed by atoms with Gasteiger partial charge in [0.05, 0.1) is 6.54 Å². The molecule has 0 saturated heterocycles. The number of hydrogen-bond donors (Lipinski definition) is 3. The molecular weight excluding hydrogens is 326 g/mol. The summed E-state index contributed by atoms with van der Waals surface area (Å²) in [5.74, 6) is 2.75. The predicted octanol–water partition coefficient (Wildman–Crippen LogP) is 2.44. The van der Waals surface area contributed by atoms with E-state index in [-0.39, 0.29) is 6.10 Å². The second-order valence-corrected chi connectivity index (χ2v) is 6.28. The number of unbranched alkanes of at least 4 members (excludes halogenated alkanes) is 1. The average Bonchev–Trinajstić information content (AvgIpc) is 3.10. The minimum atomic E-state index is 0.161. The lowest BCUT2D eigenvalue weighted by Gasteiger charge is -2.15. The summed E-state index contributed by atoms with van der Waals surface area (Å²) in [6, 6.07) is 14.1. The monoisotopic (exact) mass is 353 g/mol. The van der Waals surface area contributed by atoms with Gasteiger partial charge in [-0.15, -0.1) is 0 Å². The summed E-state index contributed by atoms with van der Waals surface area (Å²) in [5.41, 5.74) is 1.28. The molecule has 6 heteroatoms. The number of benzene rings is 1. The van der Waals surface area contributed by atoms with Crippen LogP contribution in [0.25, 0.3) is 0 Å². The molecule has 1 unspecified atom stereocenters. The fourth-order valence-electron chi connectivity index (χ4n) is 2.94. The molecule has 2 heterocycles. The number of hydrogen-bond acceptors (Lipinski definition) is 4. The fourth-order valence-corrected chi connectivity index (χ4v) is 2.94. The predicted molar refractivity (Wildman–Crippen MR) is 106 cm³/mol. The topological polar surface area (TPSA) is 70.6 Å². The van der Waals surface area contributed by atoms with E-state index in [2.05, 4.69) is 38.1 Å². The van der Waals surface area contributed by atoms with Crippen molar-refractivity contribution in [2.45, 2.75) is 25.4 Å². The zero-order valence-electron chi connectivity index (χ0n) is 15.2. The maximum absolute atomic E-state index is 5.94. The zero-order valence-corrected chi connectivity index (χ0v) is 15.2. The highest BCUT2D eigenvalue weighted by molar-refractivity contribution is 5.79. The molecule has 1 aromatic heterocycles. The van der Waals surface area contributed by atoms with Crippen LogP contribution in [-0.2, 0) is 6.42 Å². The first-order valence-electron chi connectivity index (χ1n) is 9.19. The van der Waals surface area contributed by atoms with E-state index in [9.17, 15) is 0 Å². The first kappa shape index (κ1) is 18.0. The second-order valence-electron chi connectivity index (χ2n) is 6.28. The third-order valence-corrected chi connectivity index (χ3v) is 4.30. The molecule has 0 fully saturated rings. The van der Waals surface area contributed by atoms with Crippen LogP contribution in [0.15, 0.2) is 53.7 Å². The van der Waals surface area contributed by atoms with Crippen LogP contribution in [0.1, 0.15) is 18.4 Å². The van der Waals surface area contributed by atoms with Gasteiger partial charge in [-0.2, -0.15) is 0 Å². The summed E-state index contributed by atoms with van der Waals surface area (Å²) >= 11 is 0. The van der Waals surface area contributed by atoms with Gasteiger partial charge in [0, 0.05) is 32.8 Å². The molecule has 1 aliphatic rings. The van der Waals surface area contributed by atoms with Gasteiger partial charge in [-0.1, -0.05) is 24.3 Å². The van der Waals surface area contributed by atoms with E-state index in [1.807, 2.05) is 30.3 Å². The van der Waals surface area contributed by atoms with Crippen molar-refractivity contribution in [1.29, 1.82) is 0 Å². The quantitative estimate of drug-likeness (QED) is 0.386. The minimum absolute atomic E-state index is 0.161. The van der Waals surface area contributed by atoms with E-state index < -0.39 is 0 Å². The van der Waals surface area contributed by atoms with Crippen LogP contribution in [0.5, 0.6) is 5.75 Å². The van der Waals surface area contributed by atoms with Crippen molar-refractivity contribution in [1.82, 2.24) is 15.6 Å². The number of aliphatic imine (C=N–C) groups is 1. The first-order valence-corrected chi connectivity index (χ1v) is 9.19. The van der Waals surface area contributed by atoms with Gasteiger partial charge >= 0.3 is 0 Å². The lowest BCUT2D eigenvalue weighted by molar-refractivity contribution is 0.235. The number of fused-ring (bicyclic) bond motifs is 1. The van der Waals surface area contributed by atoms with E-state index >= 15 is 0 Å². The zero-order chi connectivity index (χ0) is 18.0. The number of ether oxygens (including phenoxy) is 1. The number of anilines is 1. The molecule has 0 saturated carbocycles. The molecule has 0 aliphatic carbocycles. The second kappa shape index (κ2) is 9.65. The molecule has 0 amide bonds. The molecule has 0 spiro atoms. The van der Waals surface area contributed by atoms with Crippen molar-refractivity contribution in [3.8, 4) is 5.75 Å². The van der Waals surface area contributed by atoms with Crippen molar-refractivity contribution in [2.75, 3.05) is 32.0 Å². The molecule has 1 aliphatic heterocycles. The number of aromatic nitrogens is 1. The Labute approximate surface area is 155 Å². The molecule has 26 heavy (non-hydrogen) atoms. The van der Waals surface area contributed by atoms with Crippen molar-refractivity contribution in [2.24, 2.45) is 4.99 Å². The summed E-state index contributed by atoms with van der Waals surface area (Å²) in [6.45, 7) is 2.55. The highest BCUT2D eigenvalue weighted by atomic mass is 16.5. The average molecular weight is 353 g/mol. The lowest BCUT2D eigenvalue weighted by atomic mass is 10.1. The molecule has 1 atom stereocenters. The summed E-state index contributed by atoms with van der Waals surface area (Å²) in [5, 5.41) is 10.0. The molecule has 1 aromatic carbocycles. The molecule has 2 aromatic rings. The lowest BCUT2D eigenvalue weighted by Crippen LogP contribution is -2.42. The van der Waals surface area contributed by atoms with Crippen molar-refractivity contribution < 1.29 is 4.74 Å². The largest absolute Gasteiger partial charge is 0.488 e. The third-order valence-electron chi connectivity index (χ3n) is 4.30. The van der Waals surface area contributed by atoms with E-state index in [0.717, 1.165) is 56.4 Å². The van der Waals surface area contributed by atoms with E-state index in [1.165, 1.54) is 5.56 Å². The fraction of sp³-hybridized carbons (Fsp3) is 0.400. The van der Waals surface area contributed by atoms with Crippen LogP contribution in [-0.4, -0.2) is 43.7 Å². The van der Waals surface area contributed by atoms with Gasteiger partial charge in [-0.05, 0) is 36.6 Å². The maximum atomic E-state index is 5.94. The highest BCUT2D eigenvalue weighted by Gasteiger charge is 2.22. The van der Waals surface area contributed by atoms with Crippen LogP contribution in [0.2, 0.25) is 0 Å². The van der Waals surface area contributed by atoms with Gasteiger partial charge in [0.25, 0.3) is 0 Å². The van der Waals surface area contributed by atoms with Gasteiger partial charge in [0.2, 0.25) is 0 Å². The number of para-hydroxylation sites is 1. The molecule has 3 N–H and O–H groups in total. The van der Waals surface area contributed by atoms with Crippen molar-refractivity contribution in [3.05, 3.63) is 54.2 Å². The van der Waals surface area contributed by atoms with E-state index in [4.69, 9.17) is 4.74 Å². The van der Waals surface area contributed by atoms with Crippen LogP contribution in [0.3, 0.4) is 0 Å². The Bertz CT molecular complexity index is 679. The highest BCUT2D eigenvalue weighted by Crippen LogP contribution is 2.27. The maximum Gasteiger partial charge on any atom is 0.191 e. The standard InChI is InChI=1S/C20H27N5O/c1-21-20(24-13-7-6-12-23-19-10-4-5-11-22-19)25-15-17-14-16-8-2-3-9-18(16)26-17/h2-5,8-11,17H,6-7,12-15H2,1H3,(H,22,23)(H2,21,24,25). The van der Waals surface area contributed by atoms with Gasteiger partial charge < -0.3 is 20.7 Å². The summed E-state index contributed by atoms with van der Waals surface area (Å²) in [6.07, 6.45) is 5.03. The smallest absolute Gasteiger partial charge is 0.191 e. The van der Waals surface area contributed by atoms with Crippen LogP contribution < -0.4 is 20.7 Å². The normalized spacial score (nSPS) is 15.9. The SMILES string of the molecule is CN=C(NCCCCNc1ccccn1)NCC1Cc2ccccc2O1. The Morgan fingerprint density at radius 2 is 1.96 bits per heavy atom. The Morgan fingerprint density at radius 1 is 1.12 bits per heavy atom. The molecule has 138 valence electrons. The van der Waals surface area contributed by atoms with Crippen LogP contribution in [0.4, 0.5) is 5.82 Å². The van der Waals surface area contributed by atoms with Gasteiger partial charge in [-0.25, -0.2) is 4.98 Å². The number of nitrogens with one attached hydrogen (secondary N) is 3. The summed E-state index contributed by atoms with van der Waals surface area (Å²) in [7, 11) is 1.79. The summed E-state index contributed by atoms with van der Waals surface area (Å²) < 4.78 is 5.94. The molecule has 0 bridgehead atoms. The van der Waals surface area contributed by atoms with Gasteiger partial charge in [-0.3, -0.25) is 4.99 Å². The Hall–Kier alpha value is -2.76. The first-order chi connectivity index (χ1) is 12.8. The Kier molecular flexibility index (Phi) is 6.70. The van der Waals surface area contributed by atoms with Crippen LogP contribution >= 0.6 is 0 Å². The molecule has 3 rings (SSSR count). The number of nitrogens with zero attached hydrogens (tertiary/aromatic N) is 2. The number of rotatable bonds is 8. The summed E-state index contributed by atoms with van der Waals surface area (Å²) in [4.78, 5) is 8.52. The van der Waals surface area contributed by atoms with Crippen LogP contribution in [0, 0.1) is 0 Å². The molecular formula is C20H27N5O. The van der Waals surface area contributed by atoms with Gasteiger partial charge in [0.1, 0.15) is 17.7 Å². The number of pyridine rings is 1.